The molecule has 4 nitrogen and oxygen atoms in total. The zero-order valence-electron chi connectivity index (χ0n) is 9.14. The van der Waals surface area contributed by atoms with Gasteiger partial charge in [-0.1, -0.05) is 0 Å². The normalized spacial score (nSPS) is 10.1. The van der Waals surface area contributed by atoms with Gasteiger partial charge in [0.1, 0.15) is 18.2 Å². The van der Waals surface area contributed by atoms with Crippen molar-refractivity contribution >= 4 is 5.97 Å². The van der Waals surface area contributed by atoms with Crippen LogP contribution in [0.5, 0.6) is 0 Å². The van der Waals surface area contributed by atoms with E-state index in [-0.39, 0.29) is 12.2 Å². The van der Waals surface area contributed by atoms with Crippen LogP contribution in [0.15, 0.2) is 36.9 Å². The highest BCUT2D eigenvalue weighted by atomic mass is 19.1. The Morgan fingerprint density at radius 1 is 1.06 bits per heavy atom. The van der Waals surface area contributed by atoms with Gasteiger partial charge in [-0.2, -0.15) is 0 Å². The molecule has 2 aromatic rings. The summed E-state index contributed by atoms with van der Waals surface area (Å²) in [5.74, 6) is -1.88. The van der Waals surface area contributed by atoms with Crippen LogP contribution in [-0.4, -0.2) is 15.9 Å². The maximum Gasteiger partial charge on any atom is 0.340 e. The van der Waals surface area contributed by atoms with Gasteiger partial charge in [0.2, 0.25) is 0 Å². The minimum atomic E-state index is -0.730. The number of hydrogen-bond acceptors (Lipinski definition) is 4. The van der Waals surface area contributed by atoms with Gasteiger partial charge in [-0.25, -0.2) is 13.6 Å². The molecule has 0 fully saturated rings. The summed E-state index contributed by atoms with van der Waals surface area (Å²) in [4.78, 5) is 18.6. The number of carbonyl (C=O) groups excluding carboxylic acids is 1. The SMILES string of the molecule is O=C(OCc1cncc(F)c1)c1cncc(F)c1. The molecule has 0 spiro atoms. The van der Waals surface area contributed by atoms with E-state index < -0.39 is 17.6 Å². The Morgan fingerprint density at radius 2 is 1.72 bits per heavy atom. The second-order valence-electron chi connectivity index (χ2n) is 3.48. The van der Waals surface area contributed by atoms with Crippen LogP contribution in [0, 0.1) is 11.6 Å². The minimum absolute atomic E-state index is 0.000591. The summed E-state index contributed by atoms with van der Waals surface area (Å²) in [6, 6.07) is 2.21. The predicted octanol–water partition coefficient (Wildman–Crippen LogP) is 2.11. The first kappa shape index (κ1) is 12.1. The second kappa shape index (κ2) is 5.31. The number of nitrogens with zero attached hydrogens (tertiary/aromatic N) is 2. The van der Waals surface area contributed by atoms with Gasteiger partial charge < -0.3 is 4.74 Å². The highest BCUT2D eigenvalue weighted by Gasteiger charge is 2.09. The average Bonchev–Trinajstić information content (AvgIpc) is 2.36. The molecule has 0 amide bonds. The Labute approximate surface area is 101 Å². The van der Waals surface area contributed by atoms with Crippen LogP contribution in [0.4, 0.5) is 8.78 Å². The zero-order chi connectivity index (χ0) is 13.0. The fraction of sp³-hybridized carbons (Fsp3) is 0.0833. The Balaban J connectivity index is 2.00. The van der Waals surface area contributed by atoms with Crippen LogP contribution in [-0.2, 0) is 11.3 Å². The lowest BCUT2D eigenvalue weighted by atomic mass is 10.3. The summed E-state index contributed by atoms with van der Waals surface area (Å²) >= 11 is 0. The smallest absolute Gasteiger partial charge is 0.340 e. The number of carbonyl (C=O) groups is 1. The average molecular weight is 250 g/mol. The quantitative estimate of drug-likeness (QED) is 0.783. The number of rotatable bonds is 3. The van der Waals surface area contributed by atoms with Crippen LogP contribution in [0.1, 0.15) is 15.9 Å². The van der Waals surface area contributed by atoms with Gasteiger partial charge in [0.25, 0.3) is 0 Å². The molecule has 0 unspecified atom stereocenters. The maximum absolute atomic E-state index is 12.8. The molecule has 0 aromatic carbocycles. The van der Waals surface area contributed by atoms with Crippen molar-refractivity contribution in [3.8, 4) is 0 Å². The first-order chi connectivity index (χ1) is 8.65. The molecule has 6 heteroatoms. The standard InChI is InChI=1S/C12H8F2N2O2/c13-10-1-8(3-15-5-10)7-18-12(17)9-2-11(14)6-16-4-9/h1-6H,7H2. The number of hydrogen-bond donors (Lipinski definition) is 0. The number of aromatic nitrogens is 2. The monoisotopic (exact) mass is 250 g/mol. The van der Waals surface area contributed by atoms with Crippen molar-refractivity contribution < 1.29 is 18.3 Å². The van der Waals surface area contributed by atoms with Gasteiger partial charge in [0.05, 0.1) is 18.0 Å². The van der Waals surface area contributed by atoms with E-state index in [2.05, 4.69) is 9.97 Å². The first-order valence-corrected chi connectivity index (χ1v) is 5.02. The summed E-state index contributed by atoms with van der Waals surface area (Å²) in [5, 5.41) is 0. The molecule has 0 saturated carbocycles. The molecule has 0 aliphatic carbocycles. The van der Waals surface area contributed by atoms with Crippen molar-refractivity contribution in [2.75, 3.05) is 0 Å². The van der Waals surface area contributed by atoms with Crippen LogP contribution >= 0.6 is 0 Å². The molecule has 0 radical (unpaired) electrons. The Hall–Kier alpha value is -2.37. The van der Waals surface area contributed by atoms with E-state index in [9.17, 15) is 13.6 Å². The molecule has 0 atom stereocenters. The lowest BCUT2D eigenvalue weighted by Gasteiger charge is -2.04. The van der Waals surface area contributed by atoms with Crippen molar-refractivity contribution in [3.63, 3.8) is 0 Å². The summed E-state index contributed by atoms with van der Waals surface area (Å²) < 4.78 is 30.5. The van der Waals surface area contributed by atoms with Gasteiger partial charge in [0.15, 0.2) is 0 Å². The van der Waals surface area contributed by atoms with Crippen molar-refractivity contribution in [1.82, 2.24) is 9.97 Å². The number of pyridine rings is 2. The van der Waals surface area contributed by atoms with Gasteiger partial charge in [-0.15, -0.1) is 0 Å². The van der Waals surface area contributed by atoms with Gasteiger partial charge in [-0.05, 0) is 12.1 Å². The number of esters is 1. The van der Waals surface area contributed by atoms with Crippen molar-refractivity contribution in [3.05, 3.63) is 59.7 Å². The van der Waals surface area contributed by atoms with E-state index in [1.807, 2.05) is 0 Å². The largest absolute Gasteiger partial charge is 0.457 e. The topological polar surface area (TPSA) is 52.1 Å². The Morgan fingerprint density at radius 3 is 2.39 bits per heavy atom. The van der Waals surface area contributed by atoms with Crippen molar-refractivity contribution in [1.29, 1.82) is 0 Å². The third-order valence-electron chi connectivity index (χ3n) is 2.07. The van der Waals surface area contributed by atoms with Crippen LogP contribution < -0.4 is 0 Å². The molecule has 0 saturated heterocycles. The van der Waals surface area contributed by atoms with E-state index in [1.54, 1.807) is 0 Å². The molecular formula is C12H8F2N2O2. The summed E-state index contributed by atoms with van der Waals surface area (Å²) in [7, 11) is 0. The third-order valence-corrected chi connectivity index (χ3v) is 2.07. The third kappa shape index (κ3) is 3.07. The molecule has 18 heavy (non-hydrogen) atoms. The van der Waals surface area contributed by atoms with Crippen molar-refractivity contribution in [2.45, 2.75) is 6.61 Å². The van der Waals surface area contributed by atoms with Gasteiger partial charge in [0, 0.05) is 18.0 Å². The summed E-state index contributed by atoms with van der Waals surface area (Å²) in [5.41, 5.74) is 0.409. The minimum Gasteiger partial charge on any atom is -0.457 e. The van der Waals surface area contributed by atoms with E-state index in [0.717, 1.165) is 18.5 Å². The molecular weight excluding hydrogens is 242 g/mol. The molecule has 2 aromatic heterocycles. The molecule has 92 valence electrons. The molecule has 0 aliphatic rings. The highest BCUT2D eigenvalue weighted by molar-refractivity contribution is 5.88. The van der Waals surface area contributed by atoms with E-state index in [0.29, 0.717) is 5.56 Å². The number of ether oxygens (including phenoxy) is 1. The second-order valence-corrected chi connectivity index (χ2v) is 3.48. The van der Waals surface area contributed by atoms with Gasteiger partial charge >= 0.3 is 5.97 Å². The van der Waals surface area contributed by atoms with E-state index in [1.165, 1.54) is 18.5 Å². The van der Waals surface area contributed by atoms with Crippen LogP contribution in [0.2, 0.25) is 0 Å². The molecule has 0 aliphatic heterocycles. The highest BCUT2D eigenvalue weighted by Crippen LogP contribution is 2.07. The Bertz CT molecular complexity index is 576. The van der Waals surface area contributed by atoms with Gasteiger partial charge in [-0.3, -0.25) is 9.97 Å². The van der Waals surface area contributed by atoms with Crippen LogP contribution in [0.25, 0.3) is 0 Å². The fourth-order valence-corrected chi connectivity index (χ4v) is 1.29. The number of halogens is 2. The molecule has 2 rings (SSSR count). The zero-order valence-corrected chi connectivity index (χ0v) is 9.14. The summed E-state index contributed by atoms with van der Waals surface area (Å²) in [6.07, 6.45) is 4.59. The molecule has 0 N–H and O–H groups in total. The van der Waals surface area contributed by atoms with E-state index >= 15 is 0 Å². The lowest BCUT2D eigenvalue weighted by Crippen LogP contribution is -2.06. The first-order valence-electron chi connectivity index (χ1n) is 5.02. The Kier molecular flexibility index (Phi) is 3.57. The summed E-state index contributed by atoms with van der Waals surface area (Å²) in [6.45, 7) is -0.139. The fourth-order valence-electron chi connectivity index (χ4n) is 1.29. The molecule has 0 bridgehead atoms. The predicted molar refractivity (Wildman–Crippen MR) is 57.5 cm³/mol. The van der Waals surface area contributed by atoms with Crippen LogP contribution in [0.3, 0.4) is 0 Å². The van der Waals surface area contributed by atoms with E-state index in [4.69, 9.17) is 4.74 Å². The van der Waals surface area contributed by atoms with Crippen molar-refractivity contribution in [2.24, 2.45) is 0 Å². The maximum atomic E-state index is 12.8. The lowest BCUT2D eigenvalue weighted by molar-refractivity contribution is 0.0471. The molecule has 2 heterocycles.